The lowest BCUT2D eigenvalue weighted by Crippen LogP contribution is -2.52. The number of piperidine rings is 2. The summed E-state index contributed by atoms with van der Waals surface area (Å²) in [6.07, 6.45) is 14.5. The Morgan fingerprint density at radius 1 is 0.880 bits per heavy atom. The van der Waals surface area contributed by atoms with Crippen LogP contribution in [0.15, 0.2) is 5.10 Å². The number of nitrogens with one attached hydrogen (secondary N) is 3. The van der Waals surface area contributed by atoms with Gasteiger partial charge in [0, 0.05) is 17.8 Å². The first-order valence-corrected chi connectivity index (χ1v) is 11.7. The molecule has 3 N–H and O–H groups in total. The van der Waals surface area contributed by atoms with Crippen molar-refractivity contribution in [2.75, 3.05) is 18.8 Å². The van der Waals surface area contributed by atoms with Gasteiger partial charge < -0.3 is 10.6 Å². The second kappa shape index (κ2) is 10.9. The van der Waals surface area contributed by atoms with Gasteiger partial charge in [-0.2, -0.15) is 5.10 Å². The third kappa shape index (κ3) is 6.49. The summed E-state index contributed by atoms with van der Waals surface area (Å²) in [6, 6.07) is 0.811. The molecule has 0 bridgehead atoms. The Kier molecular flexibility index (Phi) is 8.50. The summed E-state index contributed by atoms with van der Waals surface area (Å²) < 4.78 is 0.842. The molecule has 4 nitrogen and oxygen atoms in total. The molecule has 0 radical (unpaired) electrons. The standard InChI is InChI=1S/C19H34N4S2/c24-19(25-14-15-8-2-1-3-9-15)23-22-18(16-10-4-6-12-20-16)17-11-5-7-13-21-17/h15-17,20-21H,1-14H2,(H,23,24). The zero-order valence-corrected chi connectivity index (χ0v) is 17.0. The average molecular weight is 383 g/mol. The van der Waals surface area contributed by atoms with E-state index in [0.29, 0.717) is 12.1 Å². The fourth-order valence-electron chi connectivity index (χ4n) is 4.30. The van der Waals surface area contributed by atoms with E-state index in [-0.39, 0.29) is 0 Å². The van der Waals surface area contributed by atoms with Crippen LogP contribution in [0, 0.1) is 5.92 Å². The quantitative estimate of drug-likeness (QED) is 0.383. The zero-order chi connectivity index (χ0) is 17.3. The van der Waals surface area contributed by atoms with Crippen molar-refractivity contribution in [3.05, 3.63) is 0 Å². The maximum Gasteiger partial charge on any atom is 0.154 e. The molecule has 0 aromatic carbocycles. The van der Waals surface area contributed by atoms with E-state index in [0.717, 1.165) is 29.1 Å². The Balaban J connectivity index is 1.52. The fraction of sp³-hybridized carbons (Fsp3) is 0.895. The number of rotatable bonds is 5. The van der Waals surface area contributed by atoms with Crippen LogP contribution in [-0.4, -0.2) is 41.0 Å². The highest BCUT2D eigenvalue weighted by molar-refractivity contribution is 8.22. The van der Waals surface area contributed by atoms with Crippen LogP contribution >= 0.6 is 24.0 Å². The predicted octanol–water partition coefficient (Wildman–Crippen LogP) is 3.81. The first kappa shape index (κ1) is 19.6. The molecule has 2 heterocycles. The minimum Gasteiger partial charge on any atom is -0.309 e. The highest BCUT2D eigenvalue weighted by Gasteiger charge is 2.27. The zero-order valence-electron chi connectivity index (χ0n) is 15.4. The second-order valence-corrected chi connectivity index (χ2v) is 9.45. The van der Waals surface area contributed by atoms with E-state index in [2.05, 4.69) is 16.1 Å². The number of nitrogens with zero attached hydrogens (tertiary/aromatic N) is 1. The molecule has 25 heavy (non-hydrogen) atoms. The van der Waals surface area contributed by atoms with Gasteiger partial charge in [-0.05, 0) is 57.5 Å². The van der Waals surface area contributed by atoms with Gasteiger partial charge in [0.05, 0.1) is 5.71 Å². The third-order valence-corrected chi connectivity index (χ3v) is 7.22. The number of thioether (sulfide) groups is 1. The minimum absolute atomic E-state index is 0.406. The maximum atomic E-state index is 5.55. The molecule has 1 aliphatic carbocycles. The summed E-state index contributed by atoms with van der Waals surface area (Å²) >= 11 is 7.34. The van der Waals surface area contributed by atoms with Crippen LogP contribution in [0.4, 0.5) is 0 Å². The molecule has 2 aliphatic heterocycles. The monoisotopic (exact) mass is 382 g/mol. The van der Waals surface area contributed by atoms with Crippen LogP contribution in [0.5, 0.6) is 0 Å². The van der Waals surface area contributed by atoms with E-state index >= 15 is 0 Å². The van der Waals surface area contributed by atoms with E-state index in [1.165, 1.54) is 76.3 Å². The molecule has 0 aromatic heterocycles. The Morgan fingerprint density at radius 3 is 2.04 bits per heavy atom. The highest BCUT2D eigenvalue weighted by atomic mass is 32.2. The molecule has 142 valence electrons. The van der Waals surface area contributed by atoms with Gasteiger partial charge in [0.25, 0.3) is 0 Å². The Hall–Kier alpha value is -0.170. The molecule has 3 fully saturated rings. The Morgan fingerprint density at radius 2 is 1.48 bits per heavy atom. The molecule has 6 heteroatoms. The van der Waals surface area contributed by atoms with Crippen molar-refractivity contribution in [1.29, 1.82) is 0 Å². The maximum absolute atomic E-state index is 5.55. The molecular formula is C19H34N4S2. The molecule has 0 aromatic rings. The van der Waals surface area contributed by atoms with Gasteiger partial charge in [0.1, 0.15) is 0 Å². The van der Waals surface area contributed by atoms with Crippen LogP contribution in [0.3, 0.4) is 0 Å². The average Bonchev–Trinajstić information content (AvgIpc) is 2.69. The smallest absolute Gasteiger partial charge is 0.154 e. The van der Waals surface area contributed by atoms with Gasteiger partial charge in [-0.25, -0.2) is 0 Å². The van der Waals surface area contributed by atoms with Crippen LogP contribution in [0.25, 0.3) is 0 Å². The Bertz CT molecular complexity index is 417. The van der Waals surface area contributed by atoms with Gasteiger partial charge in [-0.1, -0.05) is 56.1 Å². The second-order valence-electron chi connectivity index (χ2n) is 7.76. The lowest BCUT2D eigenvalue weighted by molar-refractivity contribution is 0.391. The first-order chi connectivity index (χ1) is 12.3. The Labute approximate surface area is 162 Å². The van der Waals surface area contributed by atoms with Crippen LogP contribution in [0.1, 0.15) is 70.6 Å². The van der Waals surface area contributed by atoms with Gasteiger partial charge in [0.2, 0.25) is 0 Å². The van der Waals surface area contributed by atoms with Gasteiger partial charge in [-0.15, -0.1) is 0 Å². The molecule has 0 spiro atoms. The molecule has 3 aliphatic rings. The van der Waals surface area contributed by atoms with Crippen molar-refractivity contribution in [3.8, 4) is 0 Å². The van der Waals surface area contributed by atoms with E-state index in [1.54, 1.807) is 11.8 Å². The van der Waals surface area contributed by atoms with Crippen LogP contribution in [0.2, 0.25) is 0 Å². The summed E-state index contributed by atoms with van der Waals surface area (Å²) in [7, 11) is 0. The third-order valence-electron chi connectivity index (χ3n) is 5.79. The molecule has 1 saturated carbocycles. The summed E-state index contributed by atoms with van der Waals surface area (Å²) in [5.74, 6) is 2.00. The van der Waals surface area contributed by atoms with Crippen molar-refractivity contribution in [1.82, 2.24) is 16.1 Å². The molecule has 2 atom stereocenters. The van der Waals surface area contributed by atoms with Crippen molar-refractivity contribution in [2.45, 2.75) is 82.7 Å². The number of hydrogen-bond donors (Lipinski definition) is 3. The molecule has 2 unspecified atom stereocenters. The van der Waals surface area contributed by atoms with Crippen LogP contribution in [-0.2, 0) is 0 Å². The SMILES string of the molecule is S=C(NN=C(C1CCCCN1)C1CCCCN1)SCC1CCCCC1. The number of thiocarbonyl (C=S) groups is 1. The number of hydrazone groups is 1. The van der Waals surface area contributed by atoms with Crippen molar-refractivity contribution < 1.29 is 0 Å². The molecule has 2 saturated heterocycles. The van der Waals surface area contributed by atoms with E-state index < -0.39 is 0 Å². The normalized spacial score (nSPS) is 28.3. The molecule has 0 amide bonds. The summed E-state index contributed by atoms with van der Waals surface area (Å²) in [5.41, 5.74) is 4.47. The van der Waals surface area contributed by atoms with Crippen molar-refractivity contribution >= 4 is 34.0 Å². The van der Waals surface area contributed by atoms with Gasteiger partial charge >= 0.3 is 0 Å². The van der Waals surface area contributed by atoms with Crippen molar-refractivity contribution in [2.24, 2.45) is 11.0 Å². The largest absolute Gasteiger partial charge is 0.309 e. The van der Waals surface area contributed by atoms with Gasteiger partial charge in [0.15, 0.2) is 4.32 Å². The highest BCUT2D eigenvalue weighted by Crippen LogP contribution is 2.27. The molecular weight excluding hydrogens is 348 g/mol. The van der Waals surface area contributed by atoms with E-state index in [1.807, 2.05) is 0 Å². The van der Waals surface area contributed by atoms with Crippen LogP contribution < -0.4 is 16.1 Å². The van der Waals surface area contributed by atoms with E-state index in [4.69, 9.17) is 17.3 Å². The summed E-state index contributed by atoms with van der Waals surface area (Å²) in [6.45, 7) is 2.22. The first-order valence-electron chi connectivity index (χ1n) is 10.3. The summed E-state index contributed by atoms with van der Waals surface area (Å²) in [5, 5.41) is 12.1. The predicted molar refractivity (Wildman–Crippen MR) is 113 cm³/mol. The van der Waals surface area contributed by atoms with Crippen molar-refractivity contribution in [3.63, 3.8) is 0 Å². The topological polar surface area (TPSA) is 48.5 Å². The lowest BCUT2D eigenvalue weighted by atomic mass is 9.91. The number of hydrogen-bond acceptors (Lipinski definition) is 5. The summed E-state index contributed by atoms with van der Waals surface area (Å²) in [4.78, 5) is 0. The van der Waals surface area contributed by atoms with E-state index in [9.17, 15) is 0 Å². The van der Waals surface area contributed by atoms with Gasteiger partial charge in [-0.3, -0.25) is 5.43 Å². The molecule has 3 rings (SSSR count). The fourth-order valence-corrected chi connectivity index (χ4v) is 5.38. The minimum atomic E-state index is 0.406. The lowest BCUT2D eigenvalue weighted by Gasteiger charge is -2.32.